The molecule has 0 aliphatic heterocycles. The van der Waals surface area contributed by atoms with Gasteiger partial charge in [0.1, 0.15) is 11.5 Å². The van der Waals surface area contributed by atoms with E-state index in [4.69, 9.17) is 4.74 Å². The van der Waals surface area contributed by atoms with Crippen LogP contribution in [-0.4, -0.2) is 18.0 Å². The molecule has 0 saturated heterocycles. The van der Waals surface area contributed by atoms with Crippen molar-refractivity contribution in [3.05, 3.63) is 23.3 Å². The lowest BCUT2D eigenvalue weighted by molar-refractivity contribution is 0.0985. The number of ketones is 1. The van der Waals surface area contributed by atoms with Gasteiger partial charge in [-0.1, -0.05) is 6.92 Å². The van der Waals surface area contributed by atoms with Gasteiger partial charge in [0.05, 0.1) is 12.7 Å². The molecule has 0 unspecified atom stereocenters. The van der Waals surface area contributed by atoms with Crippen LogP contribution in [0.5, 0.6) is 11.5 Å². The van der Waals surface area contributed by atoms with Gasteiger partial charge in [-0.3, -0.25) is 4.79 Å². The molecule has 1 N–H and O–H groups in total. The molecule has 0 fully saturated rings. The molecule has 0 spiro atoms. The number of methoxy groups -OCH3 is 1. The quantitative estimate of drug-likeness (QED) is 0.751. The number of phenols is 1. The Hall–Kier alpha value is -1.51. The summed E-state index contributed by atoms with van der Waals surface area (Å²) in [6.07, 6.45) is 0.388. The molecule has 76 valence electrons. The van der Waals surface area contributed by atoms with Crippen LogP contribution in [0.4, 0.5) is 0 Å². The summed E-state index contributed by atoms with van der Waals surface area (Å²) in [4.78, 5) is 11.4. The fourth-order valence-electron chi connectivity index (χ4n) is 1.32. The molecule has 0 radical (unpaired) electrons. The molecule has 0 aliphatic carbocycles. The van der Waals surface area contributed by atoms with Crippen LogP contribution in [0.15, 0.2) is 12.1 Å². The Bertz CT molecular complexity index is 356. The highest BCUT2D eigenvalue weighted by atomic mass is 16.5. The Labute approximate surface area is 83.3 Å². The van der Waals surface area contributed by atoms with E-state index in [1.54, 1.807) is 26.0 Å². The number of carbonyl (C=O) groups excluding carboxylic acids is 1. The summed E-state index contributed by atoms with van der Waals surface area (Å²) < 4.78 is 5.02. The number of carbonyl (C=O) groups is 1. The van der Waals surface area contributed by atoms with E-state index in [0.29, 0.717) is 23.3 Å². The zero-order valence-corrected chi connectivity index (χ0v) is 8.63. The van der Waals surface area contributed by atoms with E-state index < -0.39 is 0 Å². The number of ether oxygens (including phenoxy) is 1. The first-order valence-electron chi connectivity index (χ1n) is 4.51. The van der Waals surface area contributed by atoms with Crippen molar-refractivity contribution >= 4 is 5.78 Å². The third kappa shape index (κ3) is 1.71. The van der Waals surface area contributed by atoms with Gasteiger partial charge in [0.2, 0.25) is 0 Å². The Morgan fingerprint density at radius 1 is 1.50 bits per heavy atom. The maximum absolute atomic E-state index is 11.4. The summed E-state index contributed by atoms with van der Waals surface area (Å²) in [6.45, 7) is 3.49. The molecule has 0 heterocycles. The first-order valence-corrected chi connectivity index (χ1v) is 4.51. The summed E-state index contributed by atoms with van der Waals surface area (Å²) in [6, 6.07) is 3.28. The van der Waals surface area contributed by atoms with Gasteiger partial charge in [0.15, 0.2) is 5.78 Å². The molecule has 0 atom stereocenters. The van der Waals surface area contributed by atoms with Gasteiger partial charge in [-0.2, -0.15) is 0 Å². The van der Waals surface area contributed by atoms with Crippen molar-refractivity contribution in [1.82, 2.24) is 0 Å². The smallest absolute Gasteiger partial charge is 0.166 e. The average molecular weight is 194 g/mol. The number of Topliss-reactive ketones (excluding diaryl/α,β-unsaturated/α-hetero) is 1. The summed E-state index contributed by atoms with van der Waals surface area (Å²) in [5, 5.41) is 9.71. The van der Waals surface area contributed by atoms with Crippen LogP contribution in [0.3, 0.4) is 0 Å². The Morgan fingerprint density at radius 3 is 2.64 bits per heavy atom. The van der Waals surface area contributed by atoms with Gasteiger partial charge in [-0.25, -0.2) is 0 Å². The maximum atomic E-state index is 11.4. The molecule has 0 amide bonds. The van der Waals surface area contributed by atoms with Crippen LogP contribution in [-0.2, 0) is 0 Å². The zero-order valence-electron chi connectivity index (χ0n) is 8.63. The van der Waals surface area contributed by atoms with Crippen molar-refractivity contribution in [3.8, 4) is 11.5 Å². The van der Waals surface area contributed by atoms with Crippen LogP contribution in [0, 0.1) is 6.92 Å². The molecule has 1 rings (SSSR count). The molecule has 0 saturated carbocycles. The lowest BCUT2D eigenvalue weighted by Gasteiger charge is -2.09. The second-order valence-electron chi connectivity index (χ2n) is 3.07. The summed E-state index contributed by atoms with van der Waals surface area (Å²) in [5.74, 6) is 0.555. The number of hydrogen-bond acceptors (Lipinski definition) is 3. The molecule has 14 heavy (non-hydrogen) atoms. The van der Waals surface area contributed by atoms with Crippen molar-refractivity contribution in [2.24, 2.45) is 0 Å². The Kier molecular flexibility index (Phi) is 3.12. The normalized spacial score (nSPS) is 9.93. The molecule has 1 aromatic rings. The number of rotatable bonds is 3. The van der Waals surface area contributed by atoms with E-state index in [-0.39, 0.29) is 11.5 Å². The third-order valence-corrected chi connectivity index (χ3v) is 2.22. The third-order valence-electron chi connectivity index (χ3n) is 2.22. The van der Waals surface area contributed by atoms with Crippen LogP contribution in [0.2, 0.25) is 0 Å². The van der Waals surface area contributed by atoms with E-state index in [9.17, 15) is 9.90 Å². The van der Waals surface area contributed by atoms with E-state index in [0.717, 1.165) is 0 Å². The Balaban J connectivity index is 3.24. The van der Waals surface area contributed by atoms with Crippen molar-refractivity contribution in [3.63, 3.8) is 0 Å². The maximum Gasteiger partial charge on any atom is 0.166 e. The lowest BCUT2D eigenvalue weighted by atomic mass is 10.0. The first kappa shape index (κ1) is 10.6. The van der Waals surface area contributed by atoms with Gasteiger partial charge in [0, 0.05) is 12.0 Å². The topological polar surface area (TPSA) is 46.5 Å². The minimum absolute atomic E-state index is 0.0243. The molecule has 0 aliphatic rings. The summed E-state index contributed by atoms with van der Waals surface area (Å²) in [7, 11) is 1.53. The predicted molar refractivity (Wildman–Crippen MR) is 54.0 cm³/mol. The van der Waals surface area contributed by atoms with Crippen molar-refractivity contribution in [2.45, 2.75) is 20.3 Å². The van der Waals surface area contributed by atoms with Crippen molar-refractivity contribution < 1.29 is 14.6 Å². The van der Waals surface area contributed by atoms with E-state index in [1.807, 2.05) is 0 Å². The van der Waals surface area contributed by atoms with Crippen molar-refractivity contribution in [2.75, 3.05) is 7.11 Å². The van der Waals surface area contributed by atoms with Gasteiger partial charge >= 0.3 is 0 Å². The highest BCUT2D eigenvalue weighted by Gasteiger charge is 2.13. The van der Waals surface area contributed by atoms with E-state index in [2.05, 4.69) is 0 Å². The molecular formula is C11H14O3. The SMILES string of the molecule is CCC(=O)c1ccc(OC)c(C)c1O. The fourth-order valence-corrected chi connectivity index (χ4v) is 1.32. The summed E-state index contributed by atoms with van der Waals surface area (Å²) in [5.41, 5.74) is 0.970. The number of benzene rings is 1. The molecule has 1 aromatic carbocycles. The van der Waals surface area contributed by atoms with Gasteiger partial charge in [-0.15, -0.1) is 0 Å². The van der Waals surface area contributed by atoms with Gasteiger partial charge < -0.3 is 9.84 Å². The second-order valence-corrected chi connectivity index (χ2v) is 3.07. The monoisotopic (exact) mass is 194 g/mol. The van der Waals surface area contributed by atoms with E-state index >= 15 is 0 Å². The van der Waals surface area contributed by atoms with Crippen LogP contribution >= 0.6 is 0 Å². The highest BCUT2D eigenvalue weighted by molar-refractivity contribution is 5.99. The number of hydrogen-bond donors (Lipinski definition) is 1. The largest absolute Gasteiger partial charge is 0.507 e. The highest BCUT2D eigenvalue weighted by Crippen LogP contribution is 2.30. The van der Waals surface area contributed by atoms with E-state index in [1.165, 1.54) is 7.11 Å². The molecular weight excluding hydrogens is 180 g/mol. The van der Waals surface area contributed by atoms with Crippen molar-refractivity contribution in [1.29, 1.82) is 0 Å². The predicted octanol–water partition coefficient (Wildman–Crippen LogP) is 2.30. The second kappa shape index (κ2) is 4.13. The van der Waals surface area contributed by atoms with Crippen LogP contribution in [0.25, 0.3) is 0 Å². The molecule has 3 nitrogen and oxygen atoms in total. The first-order chi connectivity index (χ1) is 6.61. The van der Waals surface area contributed by atoms with Crippen LogP contribution in [0.1, 0.15) is 29.3 Å². The van der Waals surface area contributed by atoms with Gasteiger partial charge in [-0.05, 0) is 19.1 Å². The summed E-state index contributed by atoms with van der Waals surface area (Å²) >= 11 is 0. The number of aromatic hydroxyl groups is 1. The fraction of sp³-hybridized carbons (Fsp3) is 0.364. The minimum atomic E-state index is -0.0618. The molecule has 0 bridgehead atoms. The van der Waals surface area contributed by atoms with Crippen LogP contribution < -0.4 is 4.74 Å². The number of phenolic OH excluding ortho intramolecular Hbond substituents is 1. The Morgan fingerprint density at radius 2 is 2.14 bits per heavy atom. The lowest BCUT2D eigenvalue weighted by Crippen LogP contribution is -1.99. The minimum Gasteiger partial charge on any atom is -0.507 e. The average Bonchev–Trinajstić information content (AvgIpc) is 2.21. The van der Waals surface area contributed by atoms with Gasteiger partial charge in [0.25, 0.3) is 0 Å². The standard InChI is InChI=1S/C11H14O3/c1-4-9(12)8-5-6-10(14-3)7(2)11(8)13/h5-6,13H,4H2,1-3H3. The zero-order chi connectivity index (χ0) is 10.7. The molecule has 3 heteroatoms. The molecule has 0 aromatic heterocycles.